The van der Waals surface area contributed by atoms with Gasteiger partial charge in [0.2, 0.25) is 0 Å². The molecule has 1 rings (SSSR count). The van der Waals surface area contributed by atoms with E-state index >= 15 is 0 Å². The van der Waals surface area contributed by atoms with Gasteiger partial charge in [-0.1, -0.05) is 44.7 Å². The number of methoxy groups -OCH3 is 1. The van der Waals surface area contributed by atoms with E-state index in [0.29, 0.717) is 6.42 Å². The lowest BCUT2D eigenvalue weighted by Gasteiger charge is -2.13. The number of aryl methyl sites for hydroxylation is 1. The first-order valence-electron chi connectivity index (χ1n) is 6.27. The molecule has 0 radical (unpaired) electrons. The summed E-state index contributed by atoms with van der Waals surface area (Å²) in [7, 11) is 1.68. The zero-order valence-corrected chi connectivity index (χ0v) is 12.3. The van der Waals surface area contributed by atoms with Gasteiger partial charge in [-0.15, -0.1) is 0 Å². The van der Waals surface area contributed by atoms with Gasteiger partial charge >= 0.3 is 0 Å². The molecule has 1 aromatic rings. The van der Waals surface area contributed by atoms with Crippen molar-refractivity contribution >= 4 is 17.5 Å². The zero-order valence-electron chi connectivity index (χ0n) is 11.4. The summed E-state index contributed by atoms with van der Waals surface area (Å²) in [6.45, 7) is 3.72. The molecule has 0 aliphatic heterocycles. The molecule has 0 heterocycles. The van der Waals surface area contributed by atoms with E-state index in [1.54, 1.807) is 14.0 Å². The summed E-state index contributed by atoms with van der Waals surface area (Å²) in [5.74, 6) is 2.25. The summed E-state index contributed by atoms with van der Waals surface area (Å²) in [5.41, 5.74) is 2.65. The summed E-state index contributed by atoms with van der Waals surface area (Å²) in [6.07, 6.45) is 1.54. The molecule has 0 spiro atoms. The molecule has 20 heavy (non-hydrogen) atoms. The first kappa shape index (κ1) is 21.5. The molecule has 0 bridgehead atoms. The van der Waals surface area contributed by atoms with Crippen molar-refractivity contribution in [2.24, 2.45) is 0 Å². The van der Waals surface area contributed by atoms with Crippen LogP contribution in [0.3, 0.4) is 0 Å². The molecule has 0 amide bonds. The van der Waals surface area contributed by atoms with Gasteiger partial charge in [0.25, 0.3) is 0 Å². The Labute approximate surface area is 129 Å². The number of rotatable bonds is 8. The minimum Gasteiger partial charge on any atom is -0.381 e. The Morgan fingerprint density at radius 3 is 2.35 bits per heavy atom. The molecular weight excluding hydrogens is 268 g/mol. The van der Waals surface area contributed by atoms with Crippen molar-refractivity contribution in [2.75, 3.05) is 12.9 Å². The predicted octanol–water partition coefficient (Wildman–Crippen LogP) is 4.88. The second kappa shape index (κ2) is 12.0. The van der Waals surface area contributed by atoms with Gasteiger partial charge in [0.05, 0.1) is 6.10 Å². The summed E-state index contributed by atoms with van der Waals surface area (Å²) < 4.78 is 5.29. The number of hydrogen-bond donors (Lipinski definition) is 0. The molecular formula is C17H30O2S. The Hall–Kier alpha value is -0.800. The number of hydrogen-bond acceptors (Lipinski definition) is 3. The van der Waals surface area contributed by atoms with Crippen molar-refractivity contribution in [3.8, 4) is 0 Å². The van der Waals surface area contributed by atoms with Crippen LogP contribution in [-0.2, 0) is 15.3 Å². The van der Waals surface area contributed by atoms with Gasteiger partial charge in [0.15, 0.2) is 0 Å². The van der Waals surface area contributed by atoms with Crippen molar-refractivity contribution in [3.63, 3.8) is 0 Å². The molecule has 2 nitrogen and oxygen atoms in total. The van der Waals surface area contributed by atoms with Gasteiger partial charge in [-0.3, -0.25) is 4.79 Å². The van der Waals surface area contributed by atoms with E-state index in [-0.39, 0.29) is 26.7 Å². The molecule has 1 aromatic carbocycles. The van der Waals surface area contributed by atoms with Crippen LogP contribution in [0.2, 0.25) is 0 Å². The van der Waals surface area contributed by atoms with E-state index < -0.39 is 0 Å². The molecule has 0 aliphatic rings. The van der Waals surface area contributed by atoms with Gasteiger partial charge in [0.1, 0.15) is 5.78 Å². The second-order valence-electron chi connectivity index (χ2n) is 4.59. The Kier molecular flexibility index (Phi) is 12.9. The molecule has 0 N–H and O–H groups in total. The highest BCUT2D eigenvalue weighted by Gasteiger charge is 2.09. The third-order valence-electron chi connectivity index (χ3n) is 2.82. The maximum atomic E-state index is 11.0. The number of benzene rings is 1. The average Bonchev–Trinajstić information content (AvgIpc) is 2.34. The van der Waals surface area contributed by atoms with E-state index in [4.69, 9.17) is 4.74 Å². The quantitative estimate of drug-likeness (QED) is 0.639. The van der Waals surface area contributed by atoms with Crippen LogP contribution >= 0.6 is 11.8 Å². The molecule has 3 heteroatoms. The van der Waals surface area contributed by atoms with Crippen LogP contribution in [0.25, 0.3) is 0 Å². The normalized spacial score (nSPS) is 11.2. The second-order valence-corrected chi connectivity index (χ2v) is 5.70. The van der Waals surface area contributed by atoms with Gasteiger partial charge in [0, 0.05) is 19.3 Å². The first-order chi connectivity index (χ1) is 8.61. The molecule has 1 atom stereocenters. The Morgan fingerprint density at radius 1 is 1.25 bits per heavy atom. The van der Waals surface area contributed by atoms with Crippen LogP contribution in [0.1, 0.15) is 45.7 Å². The SMILES string of the molecule is C.C.COC(CCSCc1ccc(C)cc1)CC(C)=O. The molecule has 1 unspecified atom stereocenters. The lowest BCUT2D eigenvalue weighted by molar-refractivity contribution is -0.119. The summed E-state index contributed by atoms with van der Waals surface area (Å²) in [6, 6.07) is 8.63. The molecule has 0 fully saturated rings. The monoisotopic (exact) mass is 298 g/mol. The average molecular weight is 298 g/mol. The third-order valence-corrected chi connectivity index (χ3v) is 3.88. The number of ether oxygens (including phenoxy) is 1. The third kappa shape index (κ3) is 9.16. The highest BCUT2D eigenvalue weighted by molar-refractivity contribution is 7.98. The van der Waals surface area contributed by atoms with Crippen LogP contribution in [0.5, 0.6) is 0 Å². The standard InChI is InChI=1S/C15H22O2S.2CH4/c1-12-4-6-14(7-5-12)11-18-9-8-15(17-3)10-13(2)16;;/h4-7,15H,8-11H2,1-3H3;2*1H4. The van der Waals surface area contributed by atoms with Crippen molar-refractivity contribution in [2.45, 2.75) is 53.4 Å². The number of thioether (sulfide) groups is 1. The Balaban J connectivity index is 0. The lowest BCUT2D eigenvalue weighted by atomic mass is 10.1. The molecule has 0 saturated carbocycles. The van der Waals surface area contributed by atoms with Gasteiger partial charge in [-0.25, -0.2) is 0 Å². The number of carbonyl (C=O) groups is 1. The van der Waals surface area contributed by atoms with E-state index in [1.165, 1.54) is 11.1 Å². The van der Waals surface area contributed by atoms with E-state index in [2.05, 4.69) is 31.2 Å². The fraction of sp³-hybridized carbons (Fsp3) is 0.588. The molecule has 116 valence electrons. The number of carbonyl (C=O) groups excluding carboxylic acids is 1. The topological polar surface area (TPSA) is 26.3 Å². The Morgan fingerprint density at radius 2 is 1.85 bits per heavy atom. The van der Waals surface area contributed by atoms with Crippen molar-refractivity contribution < 1.29 is 9.53 Å². The number of ketones is 1. The summed E-state index contributed by atoms with van der Waals surface area (Å²) in [4.78, 5) is 11.0. The predicted molar refractivity (Wildman–Crippen MR) is 91.5 cm³/mol. The maximum Gasteiger partial charge on any atom is 0.132 e. The molecule has 0 saturated heterocycles. The van der Waals surface area contributed by atoms with Crippen LogP contribution in [-0.4, -0.2) is 24.7 Å². The molecule has 0 aliphatic carbocycles. The first-order valence-corrected chi connectivity index (χ1v) is 7.43. The van der Waals surface area contributed by atoms with E-state index in [9.17, 15) is 4.79 Å². The largest absolute Gasteiger partial charge is 0.381 e. The van der Waals surface area contributed by atoms with Gasteiger partial charge in [-0.2, -0.15) is 11.8 Å². The number of Topliss-reactive ketones (excluding diaryl/α,β-unsaturated/α-hetero) is 1. The maximum absolute atomic E-state index is 11.0. The van der Waals surface area contributed by atoms with Crippen molar-refractivity contribution in [3.05, 3.63) is 35.4 Å². The van der Waals surface area contributed by atoms with Crippen molar-refractivity contribution in [1.29, 1.82) is 0 Å². The van der Waals surface area contributed by atoms with Gasteiger partial charge in [-0.05, 0) is 31.6 Å². The van der Waals surface area contributed by atoms with E-state index in [0.717, 1.165) is 17.9 Å². The zero-order chi connectivity index (χ0) is 13.4. The fourth-order valence-electron chi connectivity index (χ4n) is 1.71. The highest BCUT2D eigenvalue weighted by Crippen LogP contribution is 2.16. The summed E-state index contributed by atoms with van der Waals surface area (Å²) >= 11 is 1.89. The fourth-order valence-corrected chi connectivity index (χ4v) is 2.72. The summed E-state index contributed by atoms with van der Waals surface area (Å²) in [5, 5.41) is 0. The van der Waals surface area contributed by atoms with Crippen molar-refractivity contribution in [1.82, 2.24) is 0 Å². The lowest BCUT2D eigenvalue weighted by Crippen LogP contribution is -2.15. The minimum atomic E-state index is 0. The van der Waals surface area contributed by atoms with Crippen LogP contribution < -0.4 is 0 Å². The highest BCUT2D eigenvalue weighted by atomic mass is 32.2. The van der Waals surface area contributed by atoms with Crippen LogP contribution in [0.15, 0.2) is 24.3 Å². The van der Waals surface area contributed by atoms with Crippen LogP contribution in [0, 0.1) is 6.92 Å². The van der Waals surface area contributed by atoms with Gasteiger partial charge < -0.3 is 4.74 Å². The smallest absolute Gasteiger partial charge is 0.132 e. The van der Waals surface area contributed by atoms with E-state index in [1.807, 2.05) is 11.8 Å². The Bertz CT molecular complexity index is 360. The minimum absolute atomic E-state index is 0. The molecule has 0 aromatic heterocycles. The van der Waals surface area contributed by atoms with Crippen LogP contribution in [0.4, 0.5) is 0 Å².